The quantitative estimate of drug-likeness (QED) is 0.403. The van der Waals surface area contributed by atoms with E-state index in [9.17, 15) is 13.5 Å². The number of anilines is 3. The molecule has 1 aromatic heterocycles. The molecule has 8 nitrogen and oxygen atoms in total. The van der Waals surface area contributed by atoms with Crippen molar-refractivity contribution in [1.29, 1.82) is 0 Å². The van der Waals surface area contributed by atoms with Gasteiger partial charge in [0.15, 0.2) is 15.7 Å². The van der Waals surface area contributed by atoms with Crippen LogP contribution >= 0.6 is 11.6 Å². The summed E-state index contributed by atoms with van der Waals surface area (Å²) in [4.78, 5) is 14.4. The molecular weight excluding hydrogens is 546 g/mol. The Kier molecular flexibility index (Phi) is 7.99. The molecule has 0 radical (unpaired) electrons. The molecule has 3 aliphatic rings. The number of hydrogen-bond acceptors (Lipinski definition) is 8. The number of nitrogens with one attached hydrogen (secondary N) is 1. The summed E-state index contributed by atoms with van der Waals surface area (Å²) in [6, 6.07) is 16.2. The number of sulfone groups is 1. The average molecular weight is 582 g/mol. The van der Waals surface area contributed by atoms with Crippen LogP contribution in [0, 0.1) is 5.92 Å². The van der Waals surface area contributed by atoms with Crippen molar-refractivity contribution in [3.8, 4) is 0 Å². The Bertz CT molecular complexity index is 1440. The zero-order valence-electron chi connectivity index (χ0n) is 22.6. The van der Waals surface area contributed by atoms with Crippen LogP contribution in [0.5, 0.6) is 0 Å². The number of benzene rings is 2. The number of aliphatic hydroxyl groups is 1. The minimum absolute atomic E-state index is 0.121. The molecule has 0 atom stereocenters. The number of fused-ring (bicyclic) bond motifs is 1. The molecule has 6 rings (SSSR count). The largest absolute Gasteiger partial charge is 0.396 e. The Morgan fingerprint density at radius 1 is 1.00 bits per heavy atom. The smallest absolute Gasteiger partial charge is 0.227 e. The minimum atomic E-state index is -3.46. The Hall–Kier alpha value is -2.72. The van der Waals surface area contributed by atoms with E-state index in [2.05, 4.69) is 39.4 Å². The van der Waals surface area contributed by atoms with Crippen LogP contribution in [-0.4, -0.2) is 73.5 Å². The highest BCUT2D eigenvalue weighted by Gasteiger charge is 2.32. The number of rotatable bonds is 8. The van der Waals surface area contributed by atoms with E-state index < -0.39 is 9.84 Å². The molecule has 0 unspecified atom stereocenters. The zero-order valence-corrected chi connectivity index (χ0v) is 24.2. The number of aryl methyl sites for hydroxylation is 1. The molecular formula is C30H36ClN5O3S. The lowest BCUT2D eigenvalue weighted by atomic mass is 9.89. The number of likely N-dealkylation sites (tertiary alicyclic amines) is 1. The molecule has 3 aliphatic heterocycles. The minimum Gasteiger partial charge on any atom is -0.396 e. The van der Waals surface area contributed by atoms with Gasteiger partial charge in [-0.1, -0.05) is 35.9 Å². The van der Waals surface area contributed by atoms with Crippen molar-refractivity contribution in [3.63, 3.8) is 0 Å². The standard InChI is InChI=1S/C30H36ClN5O3S/c31-25-7-5-23(6-8-25)24-12-15-36(16-13-24)30-33-27-2-1-17-40(38,39)28(27)29(34-30)32-26-9-3-21(4-10-26)11-14-35-18-22(19-35)20-37/h3-10,22,24,37H,1-2,11-20H2,(H,32,33,34). The summed E-state index contributed by atoms with van der Waals surface area (Å²) in [6.07, 6.45) is 4.10. The molecule has 0 amide bonds. The SMILES string of the molecule is O=S1(=O)CCCc2nc(N3CCC(c4ccc(Cl)cc4)CC3)nc(Nc3ccc(CCN4CC(CO)C4)cc3)c21. The summed E-state index contributed by atoms with van der Waals surface area (Å²) in [5, 5.41) is 13.3. The second-order valence-corrected chi connectivity index (χ2v) is 13.7. The summed E-state index contributed by atoms with van der Waals surface area (Å²) in [7, 11) is -3.46. The third-order valence-electron chi connectivity index (χ3n) is 8.41. The lowest BCUT2D eigenvalue weighted by Crippen LogP contribution is -2.48. The van der Waals surface area contributed by atoms with Gasteiger partial charge in [-0.3, -0.25) is 0 Å². The Morgan fingerprint density at radius 3 is 2.42 bits per heavy atom. The molecule has 0 spiro atoms. The second-order valence-electron chi connectivity index (χ2n) is 11.3. The van der Waals surface area contributed by atoms with Gasteiger partial charge >= 0.3 is 0 Å². The van der Waals surface area contributed by atoms with E-state index in [-0.39, 0.29) is 17.3 Å². The van der Waals surface area contributed by atoms with Crippen LogP contribution in [0.4, 0.5) is 17.5 Å². The van der Waals surface area contributed by atoms with Crippen molar-refractivity contribution in [2.75, 3.05) is 55.3 Å². The van der Waals surface area contributed by atoms with Crippen molar-refractivity contribution in [1.82, 2.24) is 14.9 Å². The zero-order chi connectivity index (χ0) is 27.7. The number of aliphatic hydroxyl groups excluding tert-OH is 1. The lowest BCUT2D eigenvalue weighted by Gasteiger charge is -2.38. The van der Waals surface area contributed by atoms with Gasteiger partial charge in [-0.05, 0) is 73.4 Å². The lowest BCUT2D eigenvalue weighted by molar-refractivity contribution is 0.0551. The molecule has 10 heteroatoms. The predicted octanol–water partition coefficient (Wildman–Crippen LogP) is 4.44. The molecule has 4 heterocycles. The normalized spacial score (nSPS) is 19.7. The first-order chi connectivity index (χ1) is 19.4. The van der Waals surface area contributed by atoms with Crippen LogP contribution in [-0.2, 0) is 22.7 Å². The first-order valence-corrected chi connectivity index (χ1v) is 16.2. The van der Waals surface area contributed by atoms with Gasteiger partial charge < -0.3 is 20.2 Å². The topological polar surface area (TPSA) is 98.7 Å². The number of piperidine rings is 1. The summed E-state index contributed by atoms with van der Waals surface area (Å²) in [5.41, 5.74) is 3.94. The molecule has 0 bridgehead atoms. The maximum atomic E-state index is 13.1. The van der Waals surface area contributed by atoms with Crippen LogP contribution < -0.4 is 10.2 Å². The van der Waals surface area contributed by atoms with Gasteiger partial charge in [-0.2, -0.15) is 4.98 Å². The van der Waals surface area contributed by atoms with E-state index in [1.165, 1.54) is 11.1 Å². The van der Waals surface area contributed by atoms with Gasteiger partial charge in [-0.15, -0.1) is 0 Å². The first-order valence-electron chi connectivity index (χ1n) is 14.2. The van der Waals surface area contributed by atoms with Crippen molar-refractivity contribution >= 4 is 38.9 Å². The van der Waals surface area contributed by atoms with E-state index in [1.54, 1.807) is 0 Å². The summed E-state index contributed by atoms with van der Waals surface area (Å²) >= 11 is 6.07. The number of halogens is 1. The Morgan fingerprint density at radius 2 is 1.73 bits per heavy atom. The van der Waals surface area contributed by atoms with Crippen LogP contribution in [0.1, 0.15) is 42.0 Å². The summed E-state index contributed by atoms with van der Waals surface area (Å²) in [6.45, 7) is 4.78. The van der Waals surface area contributed by atoms with Crippen LogP contribution in [0.15, 0.2) is 53.4 Å². The van der Waals surface area contributed by atoms with Crippen molar-refractivity contribution in [2.24, 2.45) is 5.92 Å². The molecule has 0 aliphatic carbocycles. The highest BCUT2D eigenvalue weighted by Crippen LogP contribution is 2.35. The number of nitrogens with zero attached hydrogens (tertiary/aromatic N) is 4. The van der Waals surface area contributed by atoms with Gasteiger partial charge in [-0.25, -0.2) is 13.4 Å². The number of hydrogen-bond donors (Lipinski definition) is 2. The molecule has 212 valence electrons. The Balaban J connectivity index is 1.18. The monoisotopic (exact) mass is 581 g/mol. The molecule has 2 saturated heterocycles. The van der Waals surface area contributed by atoms with Gasteiger partial charge in [0.1, 0.15) is 4.90 Å². The van der Waals surface area contributed by atoms with Gasteiger partial charge in [0, 0.05) is 56.0 Å². The highest BCUT2D eigenvalue weighted by atomic mass is 35.5. The maximum Gasteiger partial charge on any atom is 0.227 e. The van der Waals surface area contributed by atoms with E-state index in [0.29, 0.717) is 42.1 Å². The molecule has 2 aromatic carbocycles. The molecule has 0 saturated carbocycles. The third kappa shape index (κ3) is 5.98. The fourth-order valence-corrected chi connectivity index (χ4v) is 7.79. The van der Waals surface area contributed by atoms with Crippen molar-refractivity contribution < 1.29 is 13.5 Å². The van der Waals surface area contributed by atoms with Crippen molar-refractivity contribution in [3.05, 3.63) is 70.4 Å². The van der Waals surface area contributed by atoms with E-state index in [4.69, 9.17) is 21.6 Å². The van der Waals surface area contributed by atoms with Crippen LogP contribution in [0.25, 0.3) is 0 Å². The fraction of sp³-hybridized carbons (Fsp3) is 0.467. The summed E-state index contributed by atoms with van der Waals surface area (Å²) < 4.78 is 26.2. The molecule has 2 N–H and O–H groups in total. The maximum absolute atomic E-state index is 13.1. The highest BCUT2D eigenvalue weighted by molar-refractivity contribution is 7.91. The van der Waals surface area contributed by atoms with E-state index in [1.807, 2.05) is 24.3 Å². The summed E-state index contributed by atoms with van der Waals surface area (Å²) in [5.74, 6) is 1.97. The van der Waals surface area contributed by atoms with Gasteiger partial charge in [0.25, 0.3) is 0 Å². The molecule has 40 heavy (non-hydrogen) atoms. The molecule has 2 fully saturated rings. The molecule has 3 aromatic rings. The second kappa shape index (κ2) is 11.6. The van der Waals surface area contributed by atoms with Crippen LogP contribution in [0.2, 0.25) is 5.02 Å². The van der Waals surface area contributed by atoms with Crippen molar-refractivity contribution in [2.45, 2.75) is 42.9 Å². The first kappa shape index (κ1) is 27.4. The van der Waals surface area contributed by atoms with Gasteiger partial charge in [0.2, 0.25) is 5.95 Å². The van der Waals surface area contributed by atoms with E-state index in [0.717, 1.165) is 62.7 Å². The average Bonchev–Trinajstić information content (AvgIpc) is 2.93. The Labute approximate surface area is 241 Å². The third-order valence-corrected chi connectivity index (χ3v) is 10.5. The van der Waals surface area contributed by atoms with Gasteiger partial charge in [0.05, 0.1) is 11.4 Å². The fourth-order valence-electron chi connectivity index (χ4n) is 6.04. The predicted molar refractivity (Wildman–Crippen MR) is 158 cm³/mol. The van der Waals surface area contributed by atoms with E-state index >= 15 is 0 Å². The van der Waals surface area contributed by atoms with Crippen LogP contribution in [0.3, 0.4) is 0 Å². The number of aromatic nitrogens is 2.